The molecule has 1 aliphatic heterocycles. The molecular formula is C15H20Cl2N2O2. The van der Waals surface area contributed by atoms with E-state index in [4.69, 9.17) is 27.9 Å². The molecule has 1 aliphatic rings. The molecule has 6 heteroatoms. The number of ether oxygens (including phenoxy) is 1. The lowest BCUT2D eigenvalue weighted by Gasteiger charge is -2.28. The smallest absolute Gasteiger partial charge is 0.207 e. The van der Waals surface area contributed by atoms with Gasteiger partial charge in [-0.15, -0.1) is 0 Å². The Hall–Kier alpha value is -0.810. The number of nitrogens with one attached hydrogen (secondary N) is 1. The molecule has 1 unspecified atom stereocenters. The van der Waals surface area contributed by atoms with Crippen LogP contribution in [-0.2, 0) is 9.53 Å². The van der Waals surface area contributed by atoms with E-state index in [-0.39, 0.29) is 5.92 Å². The van der Waals surface area contributed by atoms with E-state index >= 15 is 0 Å². The summed E-state index contributed by atoms with van der Waals surface area (Å²) in [7, 11) is 0. The summed E-state index contributed by atoms with van der Waals surface area (Å²) < 4.78 is 5.35. The minimum Gasteiger partial charge on any atom is -0.379 e. The molecule has 1 heterocycles. The molecule has 1 aromatic carbocycles. The van der Waals surface area contributed by atoms with E-state index in [9.17, 15) is 4.79 Å². The third kappa shape index (κ3) is 5.15. The molecule has 1 amide bonds. The van der Waals surface area contributed by atoms with E-state index < -0.39 is 0 Å². The average Bonchev–Trinajstić information content (AvgIpc) is 2.51. The highest BCUT2D eigenvalue weighted by atomic mass is 35.5. The largest absolute Gasteiger partial charge is 0.379 e. The maximum Gasteiger partial charge on any atom is 0.207 e. The van der Waals surface area contributed by atoms with Crippen molar-refractivity contribution in [2.24, 2.45) is 0 Å². The minimum absolute atomic E-state index is 0.229. The topological polar surface area (TPSA) is 41.6 Å². The Kier molecular flexibility index (Phi) is 6.77. The molecule has 0 saturated carbocycles. The number of rotatable bonds is 7. The highest BCUT2D eigenvalue weighted by molar-refractivity contribution is 6.42. The lowest BCUT2D eigenvalue weighted by molar-refractivity contribution is -0.109. The molecule has 1 atom stereocenters. The number of hydrogen-bond acceptors (Lipinski definition) is 3. The third-order valence-electron chi connectivity index (χ3n) is 3.76. The van der Waals surface area contributed by atoms with E-state index in [0.29, 0.717) is 16.6 Å². The minimum atomic E-state index is 0.229. The molecule has 0 aromatic heterocycles. The summed E-state index contributed by atoms with van der Waals surface area (Å²) in [6.45, 7) is 5.11. The van der Waals surface area contributed by atoms with Gasteiger partial charge < -0.3 is 10.1 Å². The van der Waals surface area contributed by atoms with Crippen molar-refractivity contribution in [3.8, 4) is 0 Å². The molecule has 1 aromatic rings. The third-order valence-corrected chi connectivity index (χ3v) is 4.50. The van der Waals surface area contributed by atoms with Crippen LogP contribution in [0.1, 0.15) is 17.9 Å². The fourth-order valence-corrected chi connectivity index (χ4v) is 2.81. The van der Waals surface area contributed by atoms with Gasteiger partial charge in [-0.05, 0) is 30.7 Å². The Bertz CT molecular complexity index is 465. The highest BCUT2D eigenvalue weighted by Crippen LogP contribution is 2.28. The van der Waals surface area contributed by atoms with Gasteiger partial charge in [-0.25, -0.2) is 0 Å². The van der Waals surface area contributed by atoms with Crippen LogP contribution in [0.4, 0.5) is 0 Å². The van der Waals surface area contributed by atoms with Crippen LogP contribution in [0.5, 0.6) is 0 Å². The molecule has 0 spiro atoms. The summed E-state index contributed by atoms with van der Waals surface area (Å²) in [5, 5.41) is 3.87. The van der Waals surface area contributed by atoms with Gasteiger partial charge in [0.2, 0.25) is 6.41 Å². The predicted octanol–water partition coefficient (Wildman–Crippen LogP) is 2.55. The van der Waals surface area contributed by atoms with Crippen LogP contribution in [0, 0.1) is 0 Å². The number of amides is 1. The summed E-state index contributed by atoms with van der Waals surface area (Å²) in [6.07, 6.45) is 1.69. The molecule has 0 aliphatic carbocycles. The maximum absolute atomic E-state index is 10.6. The van der Waals surface area contributed by atoms with Crippen molar-refractivity contribution in [2.75, 3.05) is 39.4 Å². The zero-order valence-electron chi connectivity index (χ0n) is 11.9. The van der Waals surface area contributed by atoms with Crippen LogP contribution in [0.2, 0.25) is 10.0 Å². The van der Waals surface area contributed by atoms with Crippen LogP contribution in [0.25, 0.3) is 0 Å². The van der Waals surface area contributed by atoms with Gasteiger partial charge in [0.05, 0.1) is 23.3 Å². The highest BCUT2D eigenvalue weighted by Gasteiger charge is 2.16. The number of hydrogen-bond donors (Lipinski definition) is 1. The summed E-state index contributed by atoms with van der Waals surface area (Å²) in [5.74, 6) is 0.229. The van der Waals surface area contributed by atoms with Gasteiger partial charge in [-0.1, -0.05) is 29.3 Å². The lowest BCUT2D eigenvalue weighted by Crippen LogP contribution is -2.37. The molecule has 1 N–H and O–H groups in total. The Morgan fingerprint density at radius 3 is 2.71 bits per heavy atom. The molecule has 1 saturated heterocycles. The van der Waals surface area contributed by atoms with Gasteiger partial charge in [0.25, 0.3) is 0 Å². The number of carbonyl (C=O) groups is 1. The number of nitrogens with zero attached hydrogens (tertiary/aromatic N) is 1. The first-order chi connectivity index (χ1) is 10.2. The Morgan fingerprint density at radius 1 is 1.29 bits per heavy atom. The molecule has 0 bridgehead atoms. The first kappa shape index (κ1) is 16.6. The second-order valence-electron chi connectivity index (χ2n) is 5.14. The first-order valence-electron chi connectivity index (χ1n) is 7.13. The summed E-state index contributed by atoms with van der Waals surface area (Å²) in [4.78, 5) is 13.0. The van der Waals surface area contributed by atoms with E-state index in [2.05, 4.69) is 10.2 Å². The van der Waals surface area contributed by atoms with Crippen molar-refractivity contribution >= 4 is 29.6 Å². The van der Waals surface area contributed by atoms with Crippen molar-refractivity contribution in [1.29, 1.82) is 0 Å². The normalized spacial score (nSPS) is 17.4. The average molecular weight is 331 g/mol. The predicted molar refractivity (Wildman–Crippen MR) is 85.1 cm³/mol. The molecular weight excluding hydrogens is 311 g/mol. The quantitative estimate of drug-likeness (QED) is 0.781. The fraction of sp³-hybridized carbons (Fsp3) is 0.533. The van der Waals surface area contributed by atoms with Crippen molar-refractivity contribution in [3.63, 3.8) is 0 Å². The van der Waals surface area contributed by atoms with Gasteiger partial charge >= 0.3 is 0 Å². The van der Waals surface area contributed by atoms with Gasteiger partial charge in [0, 0.05) is 25.6 Å². The lowest BCUT2D eigenvalue weighted by atomic mass is 9.95. The van der Waals surface area contributed by atoms with E-state index in [1.165, 1.54) is 0 Å². The van der Waals surface area contributed by atoms with Crippen molar-refractivity contribution in [3.05, 3.63) is 33.8 Å². The molecule has 1 fully saturated rings. The molecule has 4 nitrogen and oxygen atoms in total. The second kappa shape index (κ2) is 8.59. The summed E-state index contributed by atoms with van der Waals surface area (Å²) in [6, 6.07) is 5.67. The van der Waals surface area contributed by atoms with Crippen LogP contribution in [-0.4, -0.2) is 50.7 Å². The molecule has 116 valence electrons. The van der Waals surface area contributed by atoms with Gasteiger partial charge in [0.15, 0.2) is 0 Å². The zero-order chi connectivity index (χ0) is 15.1. The number of halogens is 2. The van der Waals surface area contributed by atoms with Gasteiger partial charge in [-0.2, -0.15) is 0 Å². The summed E-state index contributed by atoms with van der Waals surface area (Å²) in [5.41, 5.74) is 1.10. The fourth-order valence-electron chi connectivity index (χ4n) is 2.51. The maximum atomic E-state index is 10.6. The Balaban J connectivity index is 1.98. The van der Waals surface area contributed by atoms with Crippen LogP contribution < -0.4 is 5.32 Å². The SMILES string of the molecule is O=CNCC(CCN1CCOCC1)c1ccc(Cl)c(Cl)c1. The van der Waals surface area contributed by atoms with Crippen molar-refractivity contribution in [2.45, 2.75) is 12.3 Å². The molecule has 21 heavy (non-hydrogen) atoms. The zero-order valence-corrected chi connectivity index (χ0v) is 13.4. The van der Waals surface area contributed by atoms with Crippen molar-refractivity contribution < 1.29 is 9.53 Å². The number of carbonyl (C=O) groups excluding carboxylic acids is 1. The van der Waals surface area contributed by atoms with E-state index in [1.54, 1.807) is 0 Å². The van der Waals surface area contributed by atoms with E-state index in [0.717, 1.165) is 51.2 Å². The van der Waals surface area contributed by atoms with Gasteiger partial charge in [0.1, 0.15) is 0 Å². The number of morpholine rings is 1. The standard InChI is InChI=1S/C15H20Cl2N2O2/c16-14-2-1-12(9-15(14)17)13(10-18-11-20)3-4-19-5-7-21-8-6-19/h1-2,9,11,13H,3-8,10H2,(H,18,20). The number of benzene rings is 1. The Labute approximate surface area is 135 Å². The second-order valence-corrected chi connectivity index (χ2v) is 5.95. The summed E-state index contributed by atoms with van der Waals surface area (Å²) >= 11 is 12.1. The monoisotopic (exact) mass is 330 g/mol. The molecule has 0 radical (unpaired) electrons. The molecule has 2 rings (SSSR count). The van der Waals surface area contributed by atoms with Crippen LogP contribution in [0.3, 0.4) is 0 Å². The van der Waals surface area contributed by atoms with Gasteiger partial charge in [-0.3, -0.25) is 9.69 Å². The van der Waals surface area contributed by atoms with E-state index in [1.807, 2.05) is 18.2 Å². The first-order valence-corrected chi connectivity index (χ1v) is 7.88. The van der Waals surface area contributed by atoms with Crippen LogP contribution >= 0.6 is 23.2 Å². The Morgan fingerprint density at radius 2 is 2.05 bits per heavy atom. The van der Waals surface area contributed by atoms with Crippen molar-refractivity contribution in [1.82, 2.24) is 10.2 Å². The van der Waals surface area contributed by atoms with Crippen LogP contribution in [0.15, 0.2) is 18.2 Å².